The normalized spacial score (nSPS) is 10.3. The molecule has 0 atom stereocenters. The highest BCUT2D eigenvalue weighted by Crippen LogP contribution is 2.26. The van der Waals surface area contributed by atoms with E-state index in [-0.39, 0.29) is 0 Å². The smallest absolute Gasteiger partial charge is 0.121 e. The minimum Gasteiger partial charge on any atom is -0.489 e. The lowest BCUT2D eigenvalue weighted by atomic mass is 10.2. The number of ether oxygens (including phenoxy) is 1. The fraction of sp³-hybridized carbons (Fsp3) is 0.0625. The van der Waals surface area contributed by atoms with Crippen LogP contribution in [0, 0.1) is 11.3 Å². The maximum Gasteiger partial charge on any atom is 0.121 e. The van der Waals surface area contributed by atoms with Crippen LogP contribution in [0.3, 0.4) is 0 Å². The van der Waals surface area contributed by atoms with Gasteiger partial charge in [0.25, 0.3) is 0 Å². The molecule has 1 aromatic heterocycles. The second-order valence-electron chi connectivity index (χ2n) is 4.19. The Kier molecular flexibility index (Phi) is 3.18. The Bertz CT molecular complexity index is 755. The zero-order valence-corrected chi connectivity index (χ0v) is 11.0. The lowest BCUT2D eigenvalue weighted by molar-refractivity contribution is 0.308. The predicted octanol–water partition coefficient (Wildman–Crippen LogP) is 4.35. The van der Waals surface area contributed by atoms with E-state index in [4.69, 9.17) is 10.00 Å². The highest BCUT2D eigenvalue weighted by atomic mass is 32.1. The molecule has 92 valence electrons. The molecular formula is C16H11NOS. The molecule has 0 fully saturated rings. The van der Waals surface area contributed by atoms with Crippen molar-refractivity contribution in [3.63, 3.8) is 0 Å². The molecule has 0 radical (unpaired) electrons. The molecule has 1 heterocycles. The Morgan fingerprint density at radius 2 is 2.00 bits per heavy atom. The first-order valence-corrected chi connectivity index (χ1v) is 6.83. The van der Waals surface area contributed by atoms with Gasteiger partial charge in [0, 0.05) is 10.3 Å². The Morgan fingerprint density at radius 1 is 1.11 bits per heavy atom. The lowest BCUT2D eigenvalue weighted by Gasteiger charge is -2.05. The van der Waals surface area contributed by atoms with Crippen molar-refractivity contribution >= 4 is 21.4 Å². The summed E-state index contributed by atoms with van der Waals surface area (Å²) >= 11 is 1.72. The van der Waals surface area contributed by atoms with Gasteiger partial charge in [-0.25, -0.2) is 0 Å². The molecule has 0 saturated heterocycles. The van der Waals surface area contributed by atoms with Crippen molar-refractivity contribution in [1.29, 1.82) is 5.26 Å². The minimum absolute atomic E-state index is 0.527. The first-order chi connectivity index (χ1) is 9.36. The molecule has 3 rings (SSSR count). The van der Waals surface area contributed by atoms with E-state index in [0.717, 1.165) is 5.75 Å². The Labute approximate surface area is 115 Å². The van der Waals surface area contributed by atoms with Crippen molar-refractivity contribution in [3.05, 3.63) is 65.0 Å². The van der Waals surface area contributed by atoms with Gasteiger partial charge in [0.2, 0.25) is 0 Å². The molecule has 0 aliphatic heterocycles. The lowest BCUT2D eigenvalue weighted by Crippen LogP contribution is -1.94. The third kappa shape index (κ3) is 2.44. The SMILES string of the molecule is N#Cc1cccc(OCc2csc3ccccc23)c1. The second-order valence-corrected chi connectivity index (χ2v) is 5.10. The van der Waals surface area contributed by atoms with Crippen molar-refractivity contribution in [2.24, 2.45) is 0 Å². The summed E-state index contributed by atoms with van der Waals surface area (Å²) in [6, 6.07) is 17.6. The van der Waals surface area contributed by atoms with Crippen LogP contribution in [0.2, 0.25) is 0 Å². The van der Waals surface area contributed by atoms with Crippen molar-refractivity contribution < 1.29 is 4.74 Å². The van der Waals surface area contributed by atoms with Gasteiger partial charge < -0.3 is 4.74 Å². The van der Waals surface area contributed by atoms with Crippen molar-refractivity contribution in [2.45, 2.75) is 6.61 Å². The van der Waals surface area contributed by atoms with E-state index >= 15 is 0 Å². The van der Waals surface area contributed by atoms with Crippen LogP contribution in [0.4, 0.5) is 0 Å². The molecule has 0 bridgehead atoms. The molecular weight excluding hydrogens is 254 g/mol. The number of nitrogens with zero attached hydrogens (tertiary/aromatic N) is 1. The van der Waals surface area contributed by atoms with Crippen LogP contribution >= 0.6 is 11.3 Å². The molecule has 3 aromatic rings. The largest absolute Gasteiger partial charge is 0.489 e. The van der Waals surface area contributed by atoms with Gasteiger partial charge in [-0.15, -0.1) is 11.3 Å². The van der Waals surface area contributed by atoms with Crippen molar-refractivity contribution in [1.82, 2.24) is 0 Å². The summed E-state index contributed by atoms with van der Waals surface area (Å²) in [5.41, 5.74) is 1.80. The highest BCUT2D eigenvalue weighted by molar-refractivity contribution is 7.17. The highest BCUT2D eigenvalue weighted by Gasteiger charge is 2.04. The molecule has 0 aliphatic carbocycles. The van der Waals surface area contributed by atoms with Crippen LogP contribution in [0.15, 0.2) is 53.9 Å². The molecule has 2 aromatic carbocycles. The van der Waals surface area contributed by atoms with Gasteiger partial charge in [-0.05, 0) is 35.0 Å². The molecule has 0 spiro atoms. The number of thiophene rings is 1. The van der Waals surface area contributed by atoms with Crippen LogP contribution in [0.1, 0.15) is 11.1 Å². The number of fused-ring (bicyclic) bond motifs is 1. The van der Waals surface area contributed by atoms with E-state index in [2.05, 4.69) is 23.6 Å². The van der Waals surface area contributed by atoms with Gasteiger partial charge in [-0.2, -0.15) is 5.26 Å². The molecule has 0 aliphatic rings. The molecule has 0 unspecified atom stereocenters. The fourth-order valence-corrected chi connectivity index (χ4v) is 2.91. The van der Waals surface area contributed by atoms with E-state index in [1.807, 2.05) is 24.3 Å². The minimum atomic E-state index is 0.527. The van der Waals surface area contributed by atoms with E-state index in [9.17, 15) is 0 Å². The van der Waals surface area contributed by atoms with Crippen LogP contribution in [0.5, 0.6) is 5.75 Å². The maximum absolute atomic E-state index is 8.85. The number of hydrogen-bond donors (Lipinski definition) is 0. The van der Waals surface area contributed by atoms with Gasteiger partial charge in [0.15, 0.2) is 0 Å². The number of nitriles is 1. The molecule has 2 nitrogen and oxygen atoms in total. The van der Waals surface area contributed by atoms with Crippen LogP contribution in [-0.2, 0) is 6.61 Å². The average Bonchev–Trinajstić information content (AvgIpc) is 2.89. The van der Waals surface area contributed by atoms with Crippen LogP contribution in [0.25, 0.3) is 10.1 Å². The average molecular weight is 265 g/mol. The topological polar surface area (TPSA) is 33.0 Å². The van der Waals surface area contributed by atoms with Crippen molar-refractivity contribution in [2.75, 3.05) is 0 Å². The Hall–Kier alpha value is -2.31. The van der Waals surface area contributed by atoms with Gasteiger partial charge in [-0.3, -0.25) is 0 Å². The molecule has 3 heteroatoms. The monoisotopic (exact) mass is 265 g/mol. The molecule has 0 N–H and O–H groups in total. The van der Waals surface area contributed by atoms with E-state index in [0.29, 0.717) is 12.2 Å². The van der Waals surface area contributed by atoms with Gasteiger partial charge in [-0.1, -0.05) is 24.3 Å². The summed E-state index contributed by atoms with van der Waals surface area (Å²) < 4.78 is 7.03. The molecule has 0 saturated carbocycles. The van der Waals surface area contributed by atoms with Crippen LogP contribution in [-0.4, -0.2) is 0 Å². The number of benzene rings is 2. The van der Waals surface area contributed by atoms with Crippen LogP contribution < -0.4 is 4.74 Å². The third-order valence-electron chi connectivity index (χ3n) is 2.92. The summed E-state index contributed by atoms with van der Waals surface area (Å²) in [4.78, 5) is 0. The van der Waals surface area contributed by atoms with E-state index in [1.54, 1.807) is 23.5 Å². The Morgan fingerprint density at radius 3 is 2.89 bits per heavy atom. The first-order valence-electron chi connectivity index (χ1n) is 5.95. The maximum atomic E-state index is 8.85. The predicted molar refractivity (Wildman–Crippen MR) is 77.3 cm³/mol. The molecule has 0 amide bonds. The summed E-state index contributed by atoms with van der Waals surface area (Å²) in [5, 5.41) is 12.2. The van der Waals surface area contributed by atoms with Crippen molar-refractivity contribution in [3.8, 4) is 11.8 Å². The standard InChI is InChI=1S/C16H11NOS/c17-9-12-4-3-5-14(8-12)18-10-13-11-19-16-7-2-1-6-15(13)16/h1-8,11H,10H2. The van der Waals surface area contributed by atoms with Gasteiger partial charge in [0.05, 0.1) is 11.6 Å². The van der Waals surface area contributed by atoms with Gasteiger partial charge >= 0.3 is 0 Å². The van der Waals surface area contributed by atoms with E-state index in [1.165, 1.54) is 15.6 Å². The number of rotatable bonds is 3. The second kappa shape index (κ2) is 5.13. The summed E-state index contributed by atoms with van der Waals surface area (Å²) in [7, 11) is 0. The summed E-state index contributed by atoms with van der Waals surface area (Å²) in [6.45, 7) is 0.527. The van der Waals surface area contributed by atoms with E-state index < -0.39 is 0 Å². The zero-order valence-electron chi connectivity index (χ0n) is 10.2. The summed E-state index contributed by atoms with van der Waals surface area (Å²) in [5.74, 6) is 0.731. The zero-order chi connectivity index (χ0) is 13.1. The Balaban J connectivity index is 1.81. The fourth-order valence-electron chi connectivity index (χ4n) is 1.96. The third-order valence-corrected chi connectivity index (χ3v) is 3.93. The first kappa shape index (κ1) is 11.8. The van der Waals surface area contributed by atoms with Gasteiger partial charge in [0.1, 0.15) is 12.4 Å². The summed E-state index contributed by atoms with van der Waals surface area (Å²) in [6.07, 6.45) is 0. The quantitative estimate of drug-likeness (QED) is 0.705. The molecule has 19 heavy (non-hydrogen) atoms. The number of hydrogen-bond acceptors (Lipinski definition) is 3.